The number of anilines is 1. The van der Waals surface area contributed by atoms with E-state index in [1.54, 1.807) is 7.05 Å². The van der Waals surface area contributed by atoms with Crippen LogP contribution in [0.1, 0.15) is 16.8 Å². The lowest BCUT2D eigenvalue weighted by atomic mass is 10.1. The highest BCUT2D eigenvalue weighted by Gasteiger charge is 2.27. The lowest BCUT2D eigenvalue weighted by Crippen LogP contribution is -2.37. The first-order valence-electron chi connectivity index (χ1n) is 6.14. The van der Waals surface area contributed by atoms with Crippen LogP contribution in [0, 0.1) is 10.1 Å². The fourth-order valence-electron chi connectivity index (χ4n) is 2.13. The minimum atomic E-state index is -0.546. The van der Waals surface area contributed by atoms with Crippen molar-refractivity contribution in [2.75, 3.05) is 25.7 Å². The minimum absolute atomic E-state index is 0.0209. The zero-order valence-corrected chi connectivity index (χ0v) is 11.0. The molecule has 1 fully saturated rings. The average molecular weight is 280 g/mol. The van der Waals surface area contributed by atoms with Crippen LogP contribution in [0.5, 0.6) is 0 Å². The summed E-state index contributed by atoms with van der Waals surface area (Å²) in [6, 6.07) is 3.92. The van der Waals surface area contributed by atoms with Gasteiger partial charge in [-0.1, -0.05) is 0 Å². The monoisotopic (exact) mass is 280 g/mol. The highest BCUT2D eigenvalue weighted by Crippen LogP contribution is 2.24. The number of carbonyl (C=O) groups excluding carboxylic acids is 1. The summed E-state index contributed by atoms with van der Waals surface area (Å²) in [5, 5.41) is 10.8. The van der Waals surface area contributed by atoms with Gasteiger partial charge in [-0.3, -0.25) is 20.8 Å². The number of nitrogens with one attached hydrogen (secondary N) is 1. The molecular weight excluding hydrogens is 264 g/mol. The van der Waals surface area contributed by atoms with E-state index < -0.39 is 4.92 Å². The van der Waals surface area contributed by atoms with Gasteiger partial charge < -0.3 is 15.1 Å². The minimum Gasteiger partial charge on any atom is -0.379 e. The third-order valence-corrected chi connectivity index (χ3v) is 3.37. The number of nitro groups is 1. The molecule has 108 valence electrons. The van der Waals surface area contributed by atoms with Crippen LogP contribution < -0.4 is 11.3 Å². The standard InChI is InChI=1S/C12H16N4O4/c1-15(9-4-5-20-7-9)12(17)10-6-8(16(18)19)2-3-11(10)14-13/h2-3,6,9,14H,4-5,7,13H2,1H3. The molecule has 0 bridgehead atoms. The molecule has 1 heterocycles. The molecule has 0 aromatic heterocycles. The van der Waals surface area contributed by atoms with Gasteiger partial charge in [0.15, 0.2) is 0 Å². The second-order valence-corrected chi connectivity index (χ2v) is 4.56. The first-order valence-corrected chi connectivity index (χ1v) is 6.14. The molecule has 1 aromatic carbocycles. The van der Waals surface area contributed by atoms with Crippen molar-refractivity contribution >= 4 is 17.3 Å². The second kappa shape index (κ2) is 5.85. The largest absolute Gasteiger partial charge is 0.379 e. The molecule has 1 unspecified atom stereocenters. The van der Waals surface area contributed by atoms with Crippen LogP contribution in [-0.2, 0) is 4.74 Å². The molecule has 20 heavy (non-hydrogen) atoms. The molecule has 1 amide bonds. The summed E-state index contributed by atoms with van der Waals surface area (Å²) < 4.78 is 5.24. The zero-order valence-electron chi connectivity index (χ0n) is 11.0. The summed E-state index contributed by atoms with van der Waals surface area (Å²) in [6.07, 6.45) is 0.753. The quantitative estimate of drug-likeness (QED) is 0.478. The Hall–Kier alpha value is -2.19. The molecule has 1 aliphatic heterocycles. The topological polar surface area (TPSA) is 111 Å². The number of hydrazine groups is 1. The number of nitro benzene ring substituents is 1. The Morgan fingerprint density at radius 3 is 2.90 bits per heavy atom. The van der Waals surface area contributed by atoms with Crippen molar-refractivity contribution in [3.8, 4) is 0 Å². The second-order valence-electron chi connectivity index (χ2n) is 4.56. The van der Waals surface area contributed by atoms with Gasteiger partial charge >= 0.3 is 0 Å². The third kappa shape index (κ3) is 2.70. The zero-order chi connectivity index (χ0) is 14.7. The molecule has 1 saturated heterocycles. The van der Waals surface area contributed by atoms with E-state index in [2.05, 4.69) is 5.43 Å². The number of amides is 1. The van der Waals surface area contributed by atoms with Gasteiger partial charge in [-0.25, -0.2) is 0 Å². The lowest BCUT2D eigenvalue weighted by Gasteiger charge is -2.24. The first kappa shape index (κ1) is 14.2. The normalized spacial score (nSPS) is 17.8. The Bertz CT molecular complexity index is 528. The molecular formula is C12H16N4O4. The van der Waals surface area contributed by atoms with Gasteiger partial charge in [0.1, 0.15) is 0 Å². The van der Waals surface area contributed by atoms with Crippen LogP contribution in [0.15, 0.2) is 18.2 Å². The average Bonchev–Trinajstić information content (AvgIpc) is 2.99. The van der Waals surface area contributed by atoms with Gasteiger partial charge in [0, 0.05) is 25.8 Å². The molecule has 0 saturated carbocycles. The number of benzene rings is 1. The number of hydrogen-bond donors (Lipinski definition) is 2. The number of nitrogens with zero attached hydrogens (tertiary/aromatic N) is 2. The Morgan fingerprint density at radius 2 is 2.35 bits per heavy atom. The number of non-ortho nitro benzene ring substituents is 1. The van der Waals surface area contributed by atoms with Gasteiger partial charge in [0.2, 0.25) is 0 Å². The van der Waals surface area contributed by atoms with Crippen LogP contribution in [-0.4, -0.2) is 42.0 Å². The number of rotatable bonds is 4. The van der Waals surface area contributed by atoms with E-state index in [0.29, 0.717) is 18.9 Å². The Kier molecular flexibility index (Phi) is 4.16. The van der Waals surface area contributed by atoms with Gasteiger partial charge in [0.25, 0.3) is 11.6 Å². The van der Waals surface area contributed by atoms with Crippen molar-refractivity contribution < 1.29 is 14.5 Å². The molecule has 0 aliphatic carbocycles. The summed E-state index contributed by atoms with van der Waals surface area (Å²) in [4.78, 5) is 24.2. The third-order valence-electron chi connectivity index (χ3n) is 3.37. The van der Waals surface area contributed by atoms with E-state index in [0.717, 1.165) is 6.42 Å². The molecule has 1 aromatic rings. The Labute approximate surface area is 115 Å². The van der Waals surface area contributed by atoms with E-state index >= 15 is 0 Å². The molecule has 0 radical (unpaired) electrons. The van der Waals surface area contributed by atoms with E-state index in [1.165, 1.54) is 23.1 Å². The molecule has 3 N–H and O–H groups in total. The van der Waals surface area contributed by atoms with Crippen molar-refractivity contribution in [2.45, 2.75) is 12.5 Å². The van der Waals surface area contributed by atoms with E-state index in [4.69, 9.17) is 10.6 Å². The van der Waals surface area contributed by atoms with Crippen LogP contribution in [0.2, 0.25) is 0 Å². The maximum Gasteiger partial charge on any atom is 0.270 e. The molecule has 2 rings (SSSR count). The Morgan fingerprint density at radius 1 is 1.60 bits per heavy atom. The van der Waals surface area contributed by atoms with Crippen LogP contribution >= 0.6 is 0 Å². The van der Waals surface area contributed by atoms with Crippen molar-refractivity contribution in [3.05, 3.63) is 33.9 Å². The summed E-state index contributed by atoms with van der Waals surface area (Å²) in [5.41, 5.74) is 2.77. The highest BCUT2D eigenvalue weighted by molar-refractivity contribution is 6.00. The number of nitrogens with two attached hydrogens (primary N) is 1. The van der Waals surface area contributed by atoms with Gasteiger partial charge in [-0.05, 0) is 12.5 Å². The smallest absolute Gasteiger partial charge is 0.270 e. The number of carbonyl (C=O) groups is 1. The molecule has 1 atom stereocenters. The number of hydrogen-bond acceptors (Lipinski definition) is 6. The maximum absolute atomic E-state index is 12.4. The number of likely N-dealkylation sites (N-methyl/N-ethyl adjacent to an activating group) is 1. The van der Waals surface area contributed by atoms with Crippen LogP contribution in [0.25, 0.3) is 0 Å². The van der Waals surface area contributed by atoms with Gasteiger partial charge in [-0.15, -0.1) is 0 Å². The van der Waals surface area contributed by atoms with Gasteiger partial charge in [0.05, 0.1) is 28.8 Å². The number of nitrogen functional groups attached to an aromatic ring is 1. The molecule has 0 spiro atoms. The predicted octanol–water partition coefficient (Wildman–Crippen LogP) is 0.741. The number of ether oxygens (including phenoxy) is 1. The van der Waals surface area contributed by atoms with Crippen LogP contribution in [0.4, 0.5) is 11.4 Å². The van der Waals surface area contributed by atoms with Crippen LogP contribution in [0.3, 0.4) is 0 Å². The summed E-state index contributed by atoms with van der Waals surface area (Å²) >= 11 is 0. The van der Waals surface area contributed by atoms with Crippen molar-refractivity contribution in [2.24, 2.45) is 5.84 Å². The summed E-state index contributed by atoms with van der Waals surface area (Å²) in [6.45, 7) is 1.09. The molecule has 1 aliphatic rings. The predicted molar refractivity (Wildman–Crippen MR) is 72.2 cm³/mol. The SMILES string of the molecule is CN(C(=O)c1cc([N+](=O)[O-])ccc1NN)C1CCOC1. The lowest BCUT2D eigenvalue weighted by molar-refractivity contribution is -0.384. The highest BCUT2D eigenvalue weighted by atomic mass is 16.6. The summed E-state index contributed by atoms with van der Waals surface area (Å²) in [5.74, 6) is 5.03. The maximum atomic E-state index is 12.4. The van der Waals surface area contributed by atoms with Crippen molar-refractivity contribution in [1.82, 2.24) is 4.90 Å². The van der Waals surface area contributed by atoms with E-state index in [9.17, 15) is 14.9 Å². The fourth-order valence-corrected chi connectivity index (χ4v) is 2.13. The molecule has 8 heteroatoms. The van der Waals surface area contributed by atoms with Crippen molar-refractivity contribution in [1.29, 1.82) is 0 Å². The van der Waals surface area contributed by atoms with E-state index in [1.807, 2.05) is 0 Å². The Balaban J connectivity index is 2.31. The van der Waals surface area contributed by atoms with Gasteiger partial charge in [-0.2, -0.15) is 0 Å². The van der Waals surface area contributed by atoms with Crippen molar-refractivity contribution in [3.63, 3.8) is 0 Å². The first-order chi connectivity index (χ1) is 9.54. The fraction of sp³-hybridized carbons (Fsp3) is 0.417. The molecule has 8 nitrogen and oxygen atoms in total. The summed E-state index contributed by atoms with van der Waals surface area (Å²) in [7, 11) is 1.65. The van der Waals surface area contributed by atoms with E-state index in [-0.39, 0.29) is 23.2 Å².